The quantitative estimate of drug-likeness (QED) is 0.380. The van der Waals surface area contributed by atoms with Gasteiger partial charge in [0.15, 0.2) is 0 Å². The smallest absolute Gasteiger partial charge is 0.338 e. The third kappa shape index (κ3) is 2.96. The lowest BCUT2D eigenvalue weighted by molar-refractivity contribution is -0.387. The van der Waals surface area contributed by atoms with Crippen molar-refractivity contribution in [2.24, 2.45) is 0 Å². The Hall–Kier alpha value is -1.56. The molecule has 0 saturated heterocycles. The lowest BCUT2D eigenvalue weighted by atomic mass is 10.2. The molecule has 0 N–H and O–H groups in total. The van der Waals surface area contributed by atoms with Crippen LogP contribution < -0.4 is 0 Å². The molecule has 1 rings (SSSR count). The number of nitro benzene ring substituents is 1. The van der Waals surface area contributed by atoms with Gasteiger partial charge in [-0.25, -0.2) is 4.79 Å². The topological polar surface area (TPSA) is 69.4 Å². The summed E-state index contributed by atoms with van der Waals surface area (Å²) >= 11 is 3.94. The number of benzene rings is 1. The summed E-state index contributed by atoms with van der Waals surface area (Å²) in [6.45, 7) is 2.21. The van der Waals surface area contributed by atoms with Crippen LogP contribution in [0.25, 0.3) is 0 Å². The minimum absolute atomic E-state index is 0.129. The van der Waals surface area contributed by atoms with Gasteiger partial charge in [-0.2, -0.15) is 0 Å². The van der Waals surface area contributed by atoms with Crippen molar-refractivity contribution in [3.05, 3.63) is 33.9 Å². The van der Waals surface area contributed by atoms with Crippen molar-refractivity contribution < 1.29 is 14.5 Å². The number of carbonyl (C=O) groups excluding carboxylic acids is 1. The van der Waals surface area contributed by atoms with Crippen LogP contribution in [0.2, 0.25) is 0 Å². The van der Waals surface area contributed by atoms with Crippen LogP contribution in [0.1, 0.15) is 23.7 Å². The van der Waals surface area contributed by atoms with Gasteiger partial charge in [-0.05, 0) is 18.6 Å². The van der Waals surface area contributed by atoms with Crippen LogP contribution in [0.3, 0.4) is 0 Å². The van der Waals surface area contributed by atoms with Crippen molar-refractivity contribution >= 4 is 24.3 Å². The van der Waals surface area contributed by atoms with Crippen molar-refractivity contribution in [2.45, 2.75) is 18.2 Å². The van der Waals surface area contributed by atoms with Crippen LogP contribution in [0, 0.1) is 10.1 Å². The van der Waals surface area contributed by atoms with E-state index in [-0.39, 0.29) is 16.1 Å². The molecule has 0 heterocycles. The molecule has 5 nitrogen and oxygen atoms in total. The summed E-state index contributed by atoms with van der Waals surface area (Å²) < 4.78 is 4.89. The van der Waals surface area contributed by atoms with Crippen molar-refractivity contribution in [2.75, 3.05) is 6.61 Å². The number of nitrogens with zero attached hydrogens (tertiary/aromatic N) is 1. The van der Waals surface area contributed by atoms with Crippen LogP contribution in [0.4, 0.5) is 5.69 Å². The average Bonchev–Trinajstić information content (AvgIpc) is 2.25. The zero-order chi connectivity index (χ0) is 12.1. The summed E-state index contributed by atoms with van der Waals surface area (Å²) in [4.78, 5) is 21.5. The molecular formula is C10H11NO4S. The third-order valence-electron chi connectivity index (χ3n) is 1.85. The predicted molar refractivity (Wildman–Crippen MR) is 60.9 cm³/mol. The molecule has 86 valence electrons. The fourth-order valence-corrected chi connectivity index (χ4v) is 1.38. The molecule has 0 aliphatic heterocycles. The van der Waals surface area contributed by atoms with E-state index in [0.29, 0.717) is 6.61 Å². The van der Waals surface area contributed by atoms with Crippen LogP contribution in [0.5, 0.6) is 0 Å². The molecule has 1 aromatic rings. The molecule has 0 aromatic heterocycles. The lowest BCUT2D eigenvalue weighted by Crippen LogP contribution is -2.06. The molecule has 1 aromatic carbocycles. The van der Waals surface area contributed by atoms with Gasteiger partial charge in [0.25, 0.3) is 5.69 Å². The van der Waals surface area contributed by atoms with E-state index < -0.39 is 10.9 Å². The first-order chi connectivity index (χ1) is 7.56. The minimum atomic E-state index is -0.552. The summed E-state index contributed by atoms with van der Waals surface area (Å²) in [5.74, 6) is -0.493. The standard InChI is InChI=1S/C10H11NO4S/c1-2-5-15-10(12)7-3-4-8(11(13)14)9(16)6-7/h3-4,6,16H,2,5H2,1H3. The molecule has 0 unspecified atom stereocenters. The fourth-order valence-electron chi connectivity index (χ4n) is 1.08. The van der Waals surface area contributed by atoms with Gasteiger partial charge >= 0.3 is 5.97 Å². The van der Waals surface area contributed by atoms with Gasteiger partial charge in [0.1, 0.15) is 0 Å². The van der Waals surface area contributed by atoms with E-state index in [9.17, 15) is 14.9 Å². The van der Waals surface area contributed by atoms with Gasteiger partial charge in [0.05, 0.1) is 22.0 Å². The highest BCUT2D eigenvalue weighted by Gasteiger charge is 2.14. The van der Waals surface area contributed by atoms with Gasteiger partial charge in [0, 0.05) is 6.07 Å². The SMILES string of the molecule is CCCOC(=O)c1ccc([N+](=O)[O-])c(S)c1. The number of ether oxygens (including phenoxy) is 1. The Balaban J connectivity index is 2.88. The maximum Gasteiger partial charge on any atom is 0.338 e. The molecule has 16 heavy (non-hydrogen) atoms. The Morgan fingerprint density at radius 2 is 2.25 bits per heavy atom. The first-order valence-electron chi connectivity index (χ1n) is 4.70. The number of esters is 1. The molecule has 0 bridgehead atoms. The number of hydrogen-bond donors (Lipinski definition) is 1. The van der Waals surface area contributed by atoms with Gasteiger partial charge in [-0.1, -0.05) is 6.92 Å². The van der Waals surface area contributed by atoms with Crippen LogP contribution in [-0.2, 0) is 4.74 Å². The maximum atomic E-state index is 11.4. The van der Waals surface area contributed by atoms with Crippen molar-refractivity contribution in [3.8, 4) is 0 Å². The van der Waals surface area contributed by atoms with Crippen molar-refractivity contribution in [3.63, 3.8) is 0 Å². The normalized spacial score (nSPS) is 9.88. The summed E-state index contributed by atoms with van der Waals surface area (Å²) in [7, 11) is 0. The van der Waals surface area contributed by atoms with E-state index in [2.05, 4.69) is 12.6 Å². The number of rotatable bonds is 4. The summed E-state index contributed by atoms with van der Waals surface area (Å²) in [6, 6.07) is 3.93. The summed E-state index contributed by atoms with van der Waals surface area (Å²) in [5.41, 5.74) is 0.138. The van der Waals surface area contributed by atoms with Crippen LogP contribution in [-0.4, -0.2) is 17.5 Å². The highest BCUT2D eigenvalue weighted by molar-refractivity contribution is 7.80. The maximum absolute atomic E-state index is 11.4. The van der Waals surface area contributed by atoms with E-state index in [1.54, 1.807) is 0 Å². The minimum Gasteiger partial charge on any atom is -0.462 e. The van der Waals surface area contributed by atoms with E-state index in [1.165, 1.54) is 18.2 Å². The molecule has 0 aliphatic rings. The first-order valence-corrected chi connectivity index (χ1v) is 5.15. The Morgan fingerprint density at radius 1 is 1.56 bits per heavy atom. The molecular weight excluding hydrogens is 230 g/mol. The predicted octanol–water partition coefficient (Wildman–Crippen LogP) is 2.45. The second-order valence-corrected chi connectivity index (χ2v) is 3.58. The highest BCUT2D eigenvalue weighted by atomic mass is 32.1. The van der Waals surface area contributed by atoms with Crippen LogP contribution in [0.15, 0.2) is 23.1 Å². The van der Waals surface area contributed by atoms with E-state index in [0.717, 1.165) is 6.42 Å². The van der Waals surface area contributed by atoms with E-state index in [4.69, 9.17) is 4.74 Å². The van der Waals surface area contributed by atoms with Crippen molar-refractivity contribution in [1.82, 2.24) is 0 Å². The van der Waals surface area contributed by atoms with E-state index in [1.807, 2.05) is 6.92 Å². The second-order valence-electron chi connectivity index (χ2n) is 3.10. The zero-order valence-electron chi connectivity index (χ0n) is 8.67. The largest absolute Gasteiger partial charge is 0.462 e. The zero-order valence-corrected chi connectivity index (χ0v) is 9.57. The average molecular weight is 241 g/mol. The molecule has 0 radical (unpaired) electrons. The van der Waals surface area contributed by atoms with Crippen LogP contribution >= 0.6 is 12.6 Å². The number of thiol groups is 1. The summed E-state index contributed by atoms with van der Waals surface area (Å²) in [5, 5.41) is 10.5. The molecule has 0 atom stereocenters. The summed E-state index contributed by atoms with van der Waals surface area (Å²) in [6.07, 6.45) is 0.729. The fraction of sp³-hybridized carbons (Fsp3) is 0.300. The Bertz CT molecular complexity index is 419. The molecule has 0 saturated carbocycles. The van der Waals surface area contributed by atoms with Crippen molar-refractivity contribution in [1.29, 1.82) is 0 Å². The highest BCUT2D eigenvalue weighted by Crippen LogP contribution is 2.23. The molecule has 6 heteroatoms. The van der Waals surface area contributed by atoms with E-state index >= 15 is 0 Å². The number of nitro groups is 1. The number of carbonyl (C=O) groups is 1. The molecule has 0 aliphatic carbocycles. The van der Waals surface area contributed by atoms with Gasteiger partial charge in [-0.15, -0.1) is 12.6 Å². The number of hydrogen-bond acceptors (Lipinski definition) is 5. The van der Waals surface area contributed by atoms with Gasteiger partial charge < -0.3 is 4.74 Å². The van der Waals surface area contributed by atoms with Gasteiger partial charge in [0.2, 0.25) is 0 Å². The first kappa shape index (κ1) is 12.5. The Morgan fingerprint density at radius 3 is 2.75 bits per heavy atom. The Kier molecular flexibility index (Phi) is 4.30. The van der Waals surface area contributed by atoms with Gasteiger partial charge in [-0.3, -0.25) is 10.1 Å². The molecule has 0 spiro atoms. The third-order valence-corrected chi connectivity index (χ3v) is 2.20. The Labute approximate surface area is 98.0 Å². The lowest BCUT2D eigenvalue weighted by Gasteiger charge is -2.03. The molecule has 0 fully saturated rings. The molecule has 0 amide bonds. The second kappa shape index (κ2) is 5.50. The monoisotopic (exact) mass is 241 g/mol.